The van der Waals surface area contributed by atoms with Crippen molar-refractivity contribution in [1.82, 2.24) is 0 Å². The first-order chi connectivity index (χ1) is 12.9. The number of rotatable bonds is 5. The average molecular weight is 369 g/mol. The van der Waals surface area contributed by atoms with Crippen LogP contribution in [0.25, 0.3) is 0 Å². The quantitative estimate of drug-likeness (QED) is 0.459. The zero-order chi connectivity index (χ0) is 17.6. The summed E-state index contributed by atoms with van der Waals surface area (Å²) in [5.74, 6) is 0. The van der Waals surface area contributed by atoms with E-state index < -0.39 is 7.92 Å². The van der Waals surface area contributed by atoms with E-state index in [2.05, 4.69) is 115 Å². The average Bonchev–Trinajstić information content (AvgIpc) is 2.72. The number of hydrogen-bond acceptors (Lipinski definition) is 0. The van der Waals surface area contributed by atoms with Crippen molar-refractivity contribution < 1.29 is 0 Å². The third-order valence-corrected chi connectivity index (χ3v) is 8.02. The molecule has 0 fully saturated rings. The van der Waals surface area contributed by atoms with Gasteiger partial charge in [0.05, 0.1) is 0 Å². The van der Waals surface area contributed by atoms with Crippen LogP contribution in [0.15, 0.2) is 115 Å². The predicted molar refractivity (Wildman–Crippen MR) is 118 cm³/mol. The fourth-order valence-corrected chi connectivity index (χ4v) is 6.70. The van der Waals surface area contributed by atoms with Crippen molar-refractivity contribution in [2.45, 2.75) is 0 Å². The van der Waals surface area contributed by atoms with Crippen LogP contribution in [0.4, 0.5) is 0 Å². The van der Waals surface area contributed by atoms with E-state index in [-0.39, 0.29) is 0 Å². The minimum atomic E-state index is -0.570. The van der Waals surface area contributed by atoms with Crippen LogP contribution < -0.4 is 26.5 Å². The van der Waals surface area contributed by atoms with Crippen molar-refractivity contribution in [2.24, 2.45) is 0 Å². The molecule has 0 aliphatic rings. The van der Waals surface area contributed by atoms with Gasteiger partial charge < -0.3 is 8.58 Å². The summed E-state index contributed by atoms with van der Waals surface area (Å²) in [5.41, 5.74) is 0. The summed E-state index contributed by atoms with van der Waals surface area (Å²) in [4.78, 5) is 0. The van der Waals surface area contributed by atoms with Gasteiger partial charge in [-0.05, 0) is 23.8 Å². The van der Waals surface area contributed by atoms with E-state index in [1.165, 1.54) is 35.1 Å². The highest BCUT2D eigenvalue weighted by Crippen LogP contribution is 2.33. The Hall–Kier alpha value is -2.26. The molecular weight excluding hydrogens is 350 g/mol. The first-order valence-corrected chi connectivity index (χ1v) is 10.9. The number of hydrogen-bond donors (Lipinski definition) is 0. The van der Waals surface area contributed by atoms with Crippen LogP contribution >= 0.6 is 16.5 Å². The van der Waals surface area contributed by atoms with Crippen molar-refractivity contribution in [3.63, 3.8) is 0 Å². The lowest BCUT2D eigenvalue weighted by molar-refractivity contribution is 1.75. The Kier molecular flexibility index (Phi) is 5.56. The van der Waals surface area contributed by atoms with Crippen LogP contribution in [0.3, 0.4) is 0 Å². The van der Waals surface area contributed by atoms with Gasteiger partial charge in [-0.25, -0.2) is 5.30 Å². The molecule has 126 valence electrons. The van der Waals surface area contributed by atoms with Crippen molar-refractivity contribution >= 4 is 43.0 Å². The summed E-state index contributed by atoms with van der Waals surface area (Å²) in [7, 11) is 0.691. The second-order valence-electron chi connectivity index (χ2n) is 5.94. The highest BCUT2D eigenvalue weighted by Gasteiger charge is 2.16. The molecule has 4 aromatic carbocycles. The van der Waals surface area contributed by atoms with Crippen molar-refractivity contribution in [3.05, 3.63) is 115 Å². The van der Waals surface area contributed by atoms with E-state index in [4.69, 9.17) is 0 Å². The SMILES string of the molecule is c1ccc([P-]c2ccccc2P(c2ccccc2)c2ccccc2)cc1. The minimum Gasteiger partial charge on any atom is -0.472 e. The maximum Gasteiger partial charge on any atom is -0.0152 e. The van der Waals surface area contributed by atoms with Gasteiger partial charge >= 0.3 is 0 Å². The fourth-order valence-electron chi connectivity index (χ4n) is 2.97. The molecule has 2 heteroatoms. The molecule has 4 aromatic rings. The second-order valence-corrected chi connectivity index (χ2v) is 9.35. The van der Waals surface area contributed by atoms with Gasteiger partial charge in [-0.15, -0.1) is 0 Å². The molecule has 0 aliphatic heterocycles. The highest BCUT2D eigenvalue weighted by atomic mass is 31.1. The largest absolute Gasteiger partial charge is 0.472 e. The predicted octanol–water partition coefficient (Wildman–Crippen LogP) is 4.34. The molecule has 0 heterocycles. The summed E-state index contributed by atoms with van der Waals surface area (Å²) in [6.07, 6.45) is 0. The molecule has 26 heavy (non-hydrogen) atoms. The van der Waals surface area contributed by atoms with Crippen LogP contribution in [0.5, 0.6) is 0 Å². The van der Waals surface area contributed by atoms with Gasteiger partial charge in [0.1, 0.15) is 0 Å². The molecule has 0 aromatic heterocycles. The minimum absolute atomic E-state index is 0.570. The fraction of sp³-hybridized carbons (Fsp3) is 0. The monoisotopic (exact) mass is 369 g/mol. The summed E-state index contributed by atoms with van der Waals surface area (Å²) in [6.45, 7) is 0. The molecule has 0 N–H and O–H groups in total. The van der Waals surface area contributed by atoms with Gasteiger partial charge in [0.2, 0.25) is 0 Å². The molecule has 0 amide bonds. The second kappa shape index (κ2) is 8.41. The topological polar surface area (TPSA) is 0 Å². The maximum absolute atomic E-state index is 2.30. The summed E-state index contributed by atoms with van der Waals surface area (Å²) >= 11 is 0. The van der Waals surface area contributed by atoms with Crippen LogP contribution in [0.2, 0.25) is 0 Å². The van der Waals surface area contributed by atoms with Gasteiger partial charge in [0, 0.05) is 0 Å². The maximum atomic E-state index is 2.30. The molecule has 0 bridgehead atoms. The molecular formula is C24H19P2-. The van der Waals surface area contributed by atoms with Gasteiger partial charge in [0.15, 0.2) is 0 Å². The van der Waals surface area contributed by atoms with Crippen LogP contribution in [0, 0.1) is 0 Å². The molecule has 0 spiro atoms. The Labute approximate surface area is 158 Å². The van der Waals surface area contributed by atoms with Gasteiger partial charge in [0.25, 0.3) is 0 Å². The third-order valence-electron chi connectivity index (χ3n) is 4.16. The molecule has 0 radical (unpaired) electrons. The van der Waals surface area contributed by atoms with Crippen LogP contribution in [-0.4, -0.2) is 0 Å². The van der Waals surface area contributed by atoms with Crippen molar-refractivity contribution in [2.75, 3.05) is 0 Å². The van der Waals surface area contributed by atoms with Crippen molar-refractivity contribution in [3.8, 4) is 0 Å². The molecule has 0 unspecified atom stereocenters. The Morgan fingerprint density at radius 2 is 0.923 bits per heavy atom. The van der Waals surface area contributed by atoms with Gasteiger partial charge in [-0.3, -0.25) is 0 Å². The lowest BCUT2D eigenvalue weighted by atomic mass is 10.3. The summed E-state index contributed by atoms with van der Waals surface area (Å²) in [5, 5.41) is 6.94. The Balaban J connectivity index is 1.82. The van der Waals surface area contributed by atoms with Crippen LogP contribution in [0.1, 0.15) is 0 Å². The van der Waals surface area contributed by atoms with E-state index in [9.17, 15) is 0 Å². The number of benzene rings is 4. The molecule has 0 atom stereocenters. The highest BCUT2D eigenvalue weighted by molar-refractivity contribution is 7.81. The van der Waals surface area contributed by atoms with E-state index in [1.54, 1.807) is 0 Å². The van der Waals surface area contributed by atoms with E-state index in [0.717, 1.165) is 0 Å². The van der Waals surface area contributed by atoms with E-state index in [0.29, 0.717) is 0 Å². The standard InChI is InChI=1S/C24H19P2/c1-4-12-20(13-5-1)25-23-18-10-11-19-24(23)26(21-14-6-2-7-15-21)22-16-8-3-9-17-22/h1-19H/q-1. The Bertz CT molecular complexity index is 911. The molecule has 0 saturated heterocycles. The normalized spacial score (nSPS) is 11.3. The van der Waals surface area contributed by atoms with Gasteiger partial charge in [-0.1, -0.05) is 115 Å². The van der Waals surface area contributed by atoms with Gasteiger partial charge in [-0.2, -0.15) is 5.30 Å². The Morgan fingerprint density at radius 1 is 0.462 bits per heavy atom. The Morgan fingerprint density at radius 3 is 1.50 bits per heavy atom. The molecule has 0 saturated carbocycles. The van der Waals surface area contributed by atoms with E-state index >= 15 is 0 Å². The zero-order valence-corrected chi connectivity index (χ0v) is 16.2. The van der Waals surface area contributed by atoms with E-state index in [1.807, 2.05) is 0 Å². The summed E-state index contributed by atoms with van der Waals surface area (Å²) in [6, 6.07) is 41.4. The lowest BCUT2D eigenvalue weighted by Crippen LogP contribution is -2.29. The molecule has 0 nitrogen and oxygen atoms in total. The van der Waals surface area contributed by atoms with Crippen LogP contribution in [-0.2, 0) is 0 Å². The zero-order valence-electron chi connectivity index (χ0n) is 14.4. The first-order valence-electron chi connectivity index (χ1n) is 8.68. The van der Waals surface area contributed by atoms with Crippen molar-refractivity contribution in [1.29, 1.82) is 0 Å². The third kappa shape index (κ3) is 3.94. The molecule has 4 rings (SSSR count). The summed E-state index contributed by atoms with van der Waals surface area (Å²) < 4.78 is 0. The lowest BCUT2D eigenvalue weighted by Gasteiger charge is -2.29. The first kappa shape index (κ1) is 17.2. The smallest absolute Gasteiger partial charge is 0.0152 e. The molecule has 0 aliphatic carbocycles.